The number of halogens is 1. The van der Waals surface area contributed by atoms with Gasteiger partial charge in [0, 0.05) is 12.0 Å². The lowest BCUT2D eigenvalue weighted by atomic mass is 9.90. The Bertz CT molecular complexity index is 1200. The molecule has 7 nitrogen and oxygen atoms in total. The second-order valence-corrected chi connectivity index (χ2v) is 9.05. The summed E-state index contributed by atoms with van der Waals surface area (Å²) in [6.45, 7) is 0. The van der Waals surface area contributed by atoms with Crippen molar-refractivity contribution < 1.29 is 27.3 Å². The number of rotatable bonds is 9. The third-order valence-electron chi connectivity index (χ3n) is 5.11. The molecule has 2 unspecified atom stereocenters. The highest BCUT2D eigenvalue weighted by Gasteiger charge is 2.64. The Morgan fingerprint density at radius 1 is 1.00 bits per heavy atom. The van der Waals surface area contributed by atoms with Gasteiger partial charge in [-0.2, -0.15) is 0 Å². The highest BCUT2D eigenvalue weighted by molar-refractivity contribution is 7.92. The van der Waals surface area contributed by atoms with Gasteiger partial charge in [-0.3, -0.25) is 14.9 Å². The van der Waals surface area contributed by atoms with Crippen molar-refractivity contribution in [1.82, 2.24) is 0 Å². The molecule has 0 aliphatic rings. The standard InChI is InChI=1S/C23H20FNO6S/c1-31-19-14-12-17(13-15-19)21(16-22(26)18-8-4-2-5-9-18)23(24,25(27)28)32(29,30)20-10-6-3-7-11-20/h2-15,21H,16H2,1H3. The maximum Gasteiger partial charge on any atom is 0.469 e. The molecule has 0 bridgehead atoms. The minimum atomic E-state index is -5.14. The van der Waals surface area contributed by atoms with Crippen molar-refractivity contribution in [2.75, 3.05) is 7.11 Å². The Morgan fingerprint density at radius 2 is 1.53 bits per heavy atom. The predicted molar refractivity (Wildman–Crippen MR) is 116 cm³/mol. The second kappa shape index (κ2) is 9.27. The maximum atomic E-state index is 16.3. The molecule has 9 heteroatoms. The minimum absolute atomic E-state index is 0.0196. The molecular weight excluding hydrogens is 437 g/mol. The van der Waals surface area contributed by atoms with E-state index in [1.54, 1.807) is 18.2 Å². The number of nitro groups is 1. The van der Waals surface area contributed by atoms with Gasteiger partial charge in [-0.05, 0) is 29.8 Å². The molecule has 166 valence electrons. The number of benzene rings is 3. The van der Waals surface area contributed by atoms with Crippen LogP contribution in [0, 0.1) is 10.1 Å². The molecule has 0 aliphatic carbocycles. The summed E-state index contributed by atoms with van der Waals surface area (Å²) in [5.41, 5.74) is 0.169. The summed E-state index contributed by atoms with van der Waals surface area (Å²) in [5.74, 6) is -2.15. The van der Waals surface area contributed by atoms with Gasteiger partial charge in [0.25, 0.3) is 9.84 Å². The zero-order chi connectivity index (χ0) is 23.4. The Morgan fingerprint density at radius 3 is 2.03 bits per heavy atom. The highest BCUT2D eigenvalue weighted by atomic mass is 32.2. The van der Waals surface area contributed by atoms with Crippen LogP contribution in [0.15, 0.2) is 89.8 Å². The van der Waals surface area contributed by atoms with Crippen LogP contribution in [-0.4, -0.2) is 31.4 Å². The first kappa shape index (κ1) is 23.1. The van der Waals surface area contributed by atoms with Crippen LogP contribution in [0.5, 0.6) is 5.75 Å². The Labute approximate surface area is 184 Å². The summed E-state index contributed by atoms with van der Waals surface area (Å²) in [4.78, 5) is 22.9. The molecule has 3 aromatic rings. The molecule has 3 aromatic carbocycles. The number of nitrogens with zero attached hydrogens (tertiary/aromatic N) is 1. The summed E-state index contributed by atoms with van der Waals surface area (Å²) in [6, 6.07) is 19.6. The van der Waals surface area contributed by atoms with Gasteiger partial charge in [-0.15, -0.1) is 4.39 Å². The lowest BCUT2D eigenvalue weighted by molar-refractivity contribution is -0.578. The van der Waals surface area contributed by atoms with Crippen LogP contribution in [-0.2, 0) is 9.84 Å². The van der Waals surface area contributed by atoms with E-state index in [1.165, 1.54) is 61.7 Å². The van der Waals surface area contributed by atoms with Crippen molar-refractivity contribution in [3.8, 4) is 5.75 Å². The van der Waals surface area contributed by atoms with Crippen molar-refractivity contribution in [2.24, 2.45) is 0 Å². The molecule has 0 saturated heterocycles. The molecule has 0 heterocycles. The van der Waals surface area contributed by atoms with Crippen LogP contribution in [0.3, 0.4) is 0 Å². The van der Waals surface area contributed by atoms with Crippen LogP contribution in [0.4, 0.5) is 4.39 Å². The number of hydrogen-bond acceptors (Lipinski definition) is 6. The number of alkyl halides is 1. The van der Waals surface area contributed by atoms with E-state index in [4.69, 9.17) is 4.74 Å². The molecule has 0 radical (unpaired) electrons. The number of sulfone groups is 1. The molecule has 0 saturated carbocycles. The largest absolute Gasteiger partial charge is 0.497 e. The topological polar surface area (TPSA) is 104 Å². The van der Waals surface area contributed by atoms with Crippen LogP contribution in [0.25, 0.3) is 0 Å². The van der Waals surface area contributed by atoms with Crippen molar-refractivity contribution >= 4 is 15.6 Å². The van der Waals surface area contributed by atoms with Crippen molar-refractivity contribution in [3.05, 3.63) is 106 Å². The summed E-state index contributed by atoms with van der Waals surface area (Å²) < 4.78 is 47.8. The Hall–Kier alpha value is -3.59. The second-order valence-electron chi connectivity index (χ2n) is 7.00. The van der Waals surface area contributed by atoms with E-state index in [0.717, 1.165) is 12.1 Å². The average molecular weight is 457 g/mol. The number of methoxy groups -OCH3 is 1. The number of Topliss-reactive ketones (excluding diaryl/α,β-unsaturated/α-hetero) is 1. The van der Waals surface area contributed by atoms with Gasteiger partial charge >= 0.3 is 5.12 Å². The SMILES string of the molecule is COc1ccc(C(CC(=O)c2ccccc2)C(F)([N+](=O)[O-])S(=O)(=O)c2ccccc2)cc1. The lowest BCUT2D eigenvalue weighted by Crippen LogP contribution is -2.48. The van der Waals surface area contributed by atoms with E-state index in [9.17, 15) is 23.3 Å². The Kier molecular flexibility index (Phi) is 6.69. The number of ether oxygens (including phenoxy) is 1. The highest BCUT2D eigenvalue weighted by Crippen LogP contribution is 2.43. The average Bonchev–Trinajstić information content (AvgIpc) is 2.82. The summed E-state index contributed by atoms with van der Waals surface area (Å²) >= 11 is 0. The number of hydrogen-bond donors (Lipinski definition) is 0. The zero-order valence-electron chi connectivity index (χ0n) is 17.1. The molecule has 3 rings (SSSR count). The summed E-state index contributed by atoms with van der Waals surface area (Å²) in [7, 11) is -3.74. The summed E-state index contributed by atoms with van der Waals surface area (Å²) in [5, 5.41) is 8.02. The van der Waals surface area contributed by atoms with Crippen LogP contribution in [0.2, 0.25) is 0 Å². The van der Waals surface area contributed by atoms with Gasteiger partial charge < -0.3 is 4.74 Å². The quantitative estimate of drug-likeness (QED) is 0.204. The van der Waals surface area contributed by atoms with Crippen molar-refractivity contribution in [2.45, 2.75) is 22.4 Å². The minimum Gasteiger partial charge on any atom is -0.497 e. The number of carbonyl (C=O) groups is 1. The van der Waals surface area contributed by atoms with E-state index < -0.39 is 42.9 Å². The third kappa shape index (κ3) is 4.24. The molecule has 32 heavy (non-hydrogen) atoms. The van der Waals surface area contributed by atoms with Crippen molar-refractivity contribution in [1.29, 1.82) is 0 Å². The predicted octanol–water partition coefficient (Wildman–Crippen LogP) is 4.43. The van der Waals surface area contributed by atoms with Crippen LogP contribution < -0.4 is 4.74 Å². The van der Waals surface area contributed by atoms with E-state index in [-0.39, 0.29) is 11.1 Å². The number of ketones is 1. The summed E-state index contributed by atoms with van der Waals surface area (Å²) in [6.07, 6.45) is -0.736. The lowest BCUT2D eigenvalue weighted by Gasteiger charge is -2.26. The molecule has 2 atom stereocenters. The molecule has 0 N–H and O–H groups in total. The van der Waals surface area contributed by atoms with Gasteiger partial charge in [-0.1, -0.05) is 60.7 Å². The molecule has 0 aromatic heterocycles. The number of carbonyl (C=O) groups excluding carboxylic acids is 1. The molecule has 0 aliphatic heterocycles. The zero-order valence-corrected chi connectivity index (χ0v) is 17.9. The fourth-order valence-electron chi connectivity index (χ4n) is 3.39. The van der Waals surface area contributed by atoms with E-state index >= 15 is 4.39 Å². The van der Waals surface area contributed by atoms with Gasteiger partial charge in [0.1, 0.15) is 11.7 Å². The van der Waals surface area contributed by atoms with Gasteiger partial charge in [0.2, 0.25) is 0 Å². The first-order valence-electron chi connectivity index (χ1n) is 9.57. The van der Waals surface area contributed by atoms with Gasteiger partial charge in [-0.25, -0.2) is 8.42 Å². The van der Waals surface area contributed by atoms with Gasteiger partial charge in [0.15, 0.2) is 5.78 Å². The fourth-order valence-corrected chi connectivity index (χ4v) is 5.03. The van der Waals surface area contributed by atoms with Crippen molar-refractivity contribution in [3.63, 3.8) is 0 Å². The molecule has 0 amide bonds. The third-order valence-corrected chi connectivity index (χ3v) is 7.19. The molecule has 0 fully saturated rings. The van der Waals surface area contributed by atoms with E-state index in [1.807, 2.05) is 0 Å². The first-order chi connectivity index (χ1) is 15.2. The normalized spacial score (nSPS) is 14.2. The van der Waals surface area contributed by atoms with E-state index in [2.05, 4.69) is 0 Å². The van der Waals surface area contributed by atoms with Crippen LogP contribution >= 0.6 is 0 Å². The monoisotopic (exact) mass is 457 g/mol. The van der Waals surface area contributed by atoms with Crippen LogP contribution in [0.1, 0.15) is 28.3 Å². The first-order valence-corrected chi connectivity index (χ1v) is 11.1. The molecular formula is C23H20FNO6S. The Balaban J connectivity index is 2.18. The fraction of sp³-hybridized carbons (Fsp3) is 0.174. The van der Waals surface area contributed by atoms with E-state index in [0.29, 0.717) is 5.75 Å². The maximum absolute atomic E-state index is 16.3. The van der Waals surface area contributed by atoms with Gasteiger partial charge in [0.05, 0.1) is 16.9 Å². The smallest absolute Gasteiger partial charge is 0.469 e. The molecule has 0 spiro atoms.